The van der Waals surface area contributed by atoms with Crippen molar-refractivity contribution in [2.45, 2.75) is 62.6 Å². The summed E-state index contributed by atoms with van der Waals surface area (Å²) in [6, 6.07) is 7.53. The minimum absolute atomic E-state index is 0.0103. The van der Waals surface area contributed by atoms with E-state index in [1.54, 1.807) is 22.8 Å². The topological polar surface area (TPSA) is 79.0 Å². The maximum atomic E-state index is 13.3. The molecule has 1 amide bonds. The largest absolute Gasteiger partial charge is 0.339 e. The smallest absolute Gasteiger partial charge is 0.262 e. The zero-order valence-electron chi connectivity index (χ0n) is 16.6. The first kappa shape index (κ1) is 20.0. The molecule has 152 valence electrons. The van der Waals surface area contributed by atoms with Gasteiger partial charge in [0, 0.05) is 24.7 Å². The second-order valence-corrected chi connectivity index (χ2v) is 8.84. The number of aromatic nitrogens is 2. The molecule has 1 aliphatic carbocycles. The van der Waals surface area contributed by atoms with Gasteiger partial charge in [0.2, 0.25) is 0 Å². The standard InChI is InChI=1S/C22H26N4O2S/c23-11-14-29-22-24-19-15-16(20(27)25-12-5-2-6-13-25)9-10-18(19)21(28)26(22)17-7-3-1-4-8-17/h9-10,15,17H,1-8,12-14H2. The first-order valence-electron chi connectivity index (χ1n) is 10.5. The molecule has 6 nitrogen and oxygen atoms in total. The maximum absolute atomic E-state index is 13.3. The van der Waals surface area contributed by atoms with Gasteiger partial charge < -0.3 is 4.90 Å². The zero-order chi connectivity index (χ0) is 20.2. The van der Waals surface area contributed by atoms with Crippen LogP contribution in [-0.2, 0) is 0 Å². The molecule has 4 rings (SSSR count). The summed E-state index contributed by atoms with van der Waals surface area (Å²) < 4.78 is 1.80. The van der Waals surface area contributed by atoms with E-state index in [0.29, 0.717) is 21.6 Å². The predicted molar refractivity (Wildman–Crippen MR) is 114 cm³/mol. The van der Waals surface area contributed by atoms with Crippen molar-refractivity contribution in [3.8, 4) is 6.07 Å². The van der Waals surface area contributed by atoms with Crippen LogP contribution in [0.5, 0.6) is 0 Å². The summed E-state index contributed by atoms with van der Waals surface area (Å²) in [6.07, 6.45) is 8.62. The normalized spacial score (nSPS) is 18.0. The number of nitriles is 1. The molecule has 2 aromatic rings. The van der Waals surface area contributed by atoms with Crippen LogP contribution in [0.2, 0.25) is 0 Å². The summed E-state index contributed by atoms with van der Waals surface area (Å²) in [4.78, 5) is 32.8. The van der Waals surface area contributed by atoms with Crippen molar-refractivity contribution >= 4 is 28.6 Å². The summed E-state index contributed by atoms with van der Waals surface area (Å²) in [5, 5.41) is 10.2. The zero-order valence-corrected chi connectivity index (χ0v) is 17.4. The lowest BCUT2D eigenvalue weighted by atomic mass is 9.95. The van der Waals surface area contributed by atoms with Gasteiger partial charge in [0.1, 0.15) is 0 Å². The van der Waals surface area contributed by atoms with Gasteiger partial charge in [0.25, 0.3) is 11.5 Å². The molecule has 0 N–H and O–H groups in total. The summed E-state index contributed by atoms with van der Waals surface area (Å²) in [6.45, 7) is 1.58. The van der Waals surface area contributed by atoms with Gasteiger partial charge in [-0.05, 0) is 50.3 Å². The highest BCUT2D eigenvalue weighted by molar-refractivity contribution is 7.99. The molecule has 0 atom stereocenters. The van der Waals surface area contributed by atoms with Gasteiger partial charge in [-0.1, -0.05) is 31.0 Å². The SMILES string of the molecule is N#CCSc1nc2cc(C(=O)N3CCCCC3)ccc2c(=O)n1C1CCCCC1. The molecule has 7 heteroatoms. The fourth-order valence-electron chi connectivity index (χ4n) is 4.45. The molecule has 1 saturated heterocycles. The van der Waals surface area contributed by atoms with Crippen molar-refractivity contribution in [3.05, 3.63) is 34.1 Å². The van der Waals surface area contributed by atoms with Crippen LogP contribution in [0.1, 0.15) is 67.8 Å². The van der Waals surface area contributed by atoms with Gasteiger partial charge in [0.05, 0.1) is 22.7 Å². The lowest BCUT2D eigenvalue weighted by Crippen LogP contribution is -2.35. The van der Waals surface area contributed by atoms with E-state index in [0.717, 1.165) is 51.6 Å². The van der Waals surface area contributed by atoms with Crippen molar-refractivity contribution in [1.82, 2.24) is 14.5 Å². The molecular formula is C22H26N4O2S. The van der Waals surface area contributed by atoms with Gasteiger partial charge in [-0.3, -0.25) is 14.2 Å². The van der Waals surface area contributed by atoms with E-state index in [1.165, 1.54) is 24.6 Å². The van der Waals surface area contributed by atoms with E-state index < -0.39 is 0 Å². The van der Waals surface area contributed by atoms with Gasteiger partial charge >= 0.3 is 0 Å². The third-order valence-electron chi connectivity index (χ3n) is 5.97. The highest BCUT2D eigenvalue weighted by Crippen LogP contribution is 2.31. The van der Waals surface area contributed by atoms with E-state index in [2.05, 4.69) is 6.07 Å². The number of rotatable bonds is 4. The molecule has 2 fully saturated rings. The molecule has 29 heavy (non-hydrogen) atoms. The maximum Gasteiger partial charge on any atom is 0.262 e. The van der Waals surface area contributed by atoms with Crippen molar-refractivity contribution < 1.29 is 4.79 Å². The third-order valence-corrected chi connectivity index (χ3v) is 6.78. The third kappa shape index (κ3) is 4.18. The van der Waals surface area contributed by atoms with Crippen LogP contribution in [0.3, 0.4) is 0 Å². The van der Waals surface area contributed by atoms with Crippen LogP contribution >= 0.6 is 11.8 Å². The van der Waals surface area contributed by atoms with E-state index in [1.807, 2.05) is 4.90 Å². The molecule has 0 spiro atoms. The van der Waals surface area contributed by atoms with Crippen molar-refractivity contribution in [1.29, 1.82) is 5.26 Å². The second kappa shape index (κ2) is 9.00. The summed E-state index contributed by atoms with van der Waals surface area (Å²) in [5.74, 6) is 0.257. The Balaban J connectivity index is 1.75. The summed E-state index contributed by atoms with van der Waals surface area (Å²) in [7, 11) is 0. The number of carbonyl (C=O) groups is 1. The van der Waals surface area contributed by atoms with Crippen LogP contribution in [-0.4, -0.2) is 39.2 Å². The van der Waals surface area contributed by atoms with Crippen molar-refractivity contribution in [2.24, 2.45) is 0 Å². The average Bonchev–Trinajstić information content (AvgIpc) is 2.78. The van der Waals surface area contributed by atoms with E-state index >= 15 is 0 Å². The first-order valence-corrected chi connectivity index (χ1v) is 11.5. The summed E-state index contributed by atoms with van der Waals surface area (Å²) >= 11 is 1.31. The number of fused-ring (bicyclic) bond motifs is 1. The molecular weight excluding hydrogens is 384 g/mol. The van der Waals surface area contributed by atoms with Gasteiger partial charge in [0.15, 0.2) is 5.16 Å². The lowest BCUT2D eigenvalue weighted by molar-refractivity contribution is 0.0724. The van der Waals surface area contributed by atoms with Crippen LogP contribution < -0.4 is 5.56 Å². The minimum atomic E-state index is -0.0562. The molecule has 1 aromatic carbocycles. The molecule has 1 aliphatic heterocycles. The number of amides is 1. The molecule has 2 aliphatic rings. The van der Waals surface area contributed by atoms with E-state index in [4.69, 9.17) is 10.2 Å². The van der Waals surface area contributed by atoms with Crippen molar-refractivity contribution in [2.75, 3.05) is 18.8 Å². The number of nitrogens with zero attached hydrogens (tertiary/aromatic N) is 4. The number of piperidine rings is 1. The van der Waals surface area contributed by atoms with E-state index in [9.17, 15) is 9.59 Å². The Bertz CT molecular complexity index is 998. The minimum Gasteiger partial charge on any atom is -0.339 e. The number of benzene rings is 1. The van der Waals surface area contributed by atoms with Crippen molar-refractivity contribution in [3.63, 3.8) is 0 Å². The Kier molecular flexibility index (Phi) is 6.19. The fourth-order valence-corrected chi connectivity index (χ4v) is 5.18. The predicted octanol–water partition coefficient (Wildman–Crippen LogP) is 4.14. The molecule has 2 heterocycles. The fraction of sp³-hybridized carbons (Fsp3) is 0.545. The van der Waals surface area contributed by atoms with Crippen LogP contribution in [0, 0.1) is 11.3 Å². The lowest BCUT2D eigenvalue weighted by Gasteiger charge is -2.27. The highest BCUT2D eigenvalue weighted by atomic mass is 32.2. The number of likely N-dealkylation sites (tertiary alicyclic amines) is 1. The Labute approximate surface area is 174 Å². The monoisotopic (exact) mass is 410 g/mol. The molecule has 0 radical (unpaired) electrons. The van der Waals surface area contributed by atoms with Gasteiger partial charge in [-0.2, -0.15) is 5.26 Å². The Morgan fingerprint density at radius 1 is 1.14 bits per heavy atom. The Morgan fingerprint density at radius 2 is 1.86 bits per heavy atom. The number of thioether (sulfide) groups is 1. The van der Waals surface area contributed by atoms with E-state index in [-0.39, 0.29) is 23.3 Å². The summed E-state index contributed by atoms with van der Waals surface area (Å²) in [5.41, 5.74) is 1.07. The van der Waals surface area contributed by atoms with Gasteiger partial charge in [-0.25, -0.2) is 4.98 Å². The average molecular weight is 411 g/mol. The van der Waals surface area contributed by atoms with Crippen LogP contribution in [0.4, 0.5) is 0 Å². The molecule has 0 unspecified atom stereocenters. The first-order chi connectivity index (χ1) is 14.2. The Hall–Kier alpha value is -2.33. The molecule has 1 aromatic heterocycles. The molecule has 0 bridgehead atoms. The molecule has 1 saturated carbocycles. The highest BCUT2D eigenvalue weighted by Gasteiger charge is 2.23. The number of hydrogen-bond acceptors (Lipinski definition) is 5. The Morgan fingerprint density at radius 3 is 2.59 bits per heavy atom. The van der Waals surface area contributed by atoms with Crippen LogP contribution in [0.25, 0.3) is 10.9 Å². The van der Waals surface area contributed by atoms with Crippen LogP contribution in [0.15, 0.2) is 28.2 Å². The number of carbonyl (C=O) groups excluding carboxylic acids is 1. The van der Waals surface area contributed by atoms with Gasteiger partial charge in [-0.15, -0.1) is 0 Å². The second-order valence-electron chi connectivity index (χ2n) is 7.89. The quantitative estimate of drug-likeness (QED) is 0.559. The number of hydrogen-bond donors (Lipinski definition) is 0.